The second-order valence-electron chi connectivity index (χ2n) is 5.51. The number of nitrogens with zero attached hydrogens (tertiary/aromatic N) is 2. The monoisotopic (exact) mass is 277 g/mol. The number of nitrogens with two attached hydrogens (primary N) is 1. The molecule has 0 aliphatic rings. The summed E-state index contributed by atoms with van der Waals surface area (Å²) in [6, 6.07) is 14.2. The van der Waals surface area contributed by atoms with E-state index in [4.69, 9.17) is 5.73 Å². The molecule has 0 bridgehead atoms. The molecule has 0 aliphatic carbocycles. The van der Waals surface area contributed by atoms with Crippen LogP contribution in [-0.4, -0.2) is 9.97 Å². The molecule has 2 N–H and O–H groups in total. The third-order valence-electron chi connectivity index (χ3n) is 3.87. The first kappa shape index (κ1) is 13.7. The van der Waals surface area contributed by atoms with Crippen molar-refractivity contribution >= 4 is 11.0 Å². The Balaban J connectivity index is 1.85. The minimum absolute atomic E-state index is 0.135. The van der Waals surface area contributed by atoms with Crippen LogP contribution in [0.1, 0.15) is 28.4 Å². The van der Waals surface area contributed by atoms with E-state index in [9.17, 15) is 0 Å². The van der Waals surface area contributed by atoms with E-state index in [1.165, 1.54) is 16.7 Å². The highest BCUT2D eigenvalue weighted by atomic mass is 14.8. The highest BCUT2D eigenvalue weighted by molar-refractivity contribution is 5.73. The third-order valence-corrected chi connectivity index (χ3v) is 3.87. The van der Waals surface area contributed by atoms with E-state index in [0.29, 0.717) is 0 Å². The second-order valence-corrected chi connectivity index (χ2v) is 5.51. The summed E-state index contributed by atoms with van der Waals surface area (Å²) in [6.45, 7) is 4.24. The van der Waals surface area contributed by atoms with Gasteiger partial charge < -0.3 is 5.73 Å². The molecule has 0 saturated heterocycles. The van der Waals surface area contributed by atoms with Gasteiger partial charge in [-0.1, -0.05) is 30.3 Å². The highest BCUT2D eigenvalue weighted by Crippen LogP contribution is 2.18. The Morgan fingerprint density at radius 2 is 1.76 bits per heavy atom. The number of rotatable bonds is 3. The van der Waals surface area contributed by atoms with Crippen molar-refractivity contribution in [2.45, 2.75) is 26.3 Å². The van der Waals surface area contributed by atoms with Crippen LogP contribution in [0, 0.1) is 13.8 Å². The molecule has 0 spiro atoms. The molecule has 0 amide bonds. The first-order valence-corrected chi connectivity index (χ1v) is 7.17. The molecule has 0 aliphatic heterocycles. The number of aryl methyl sites for hydroxylation is 2. The number of benzene rings is 2. The van der Waals surface area contributed by atoms with Gasteiger partial charge in [-0.05, 0) is 49.1 Å². The quantitative estimate of drug-likeness (QED) is 0.797. The normalized spacial score (nSPS) is 12.5. The van der Waals surface area contributed by atoms with Crippen molar-refractivity contribution in [1.82, 2.24) is 9.97 Å². The van der Waals surface area contributed by atoms with Crippen LogP contribution in [0.5, 0.6) is 0 Å². The van der Waals surface area contributed by atoms with Gasteiger partial charge in [0.1, 0.15) is 0 Å². The summed E-state index contributed by atoms with van der Waals surface area (Å²) in [5.74, 6) is 0. The summed E-state index contributed by atoms with van der Waals surface area (Å²) in [7, 11) is 0. The van der Waals surface area contributed by atoms with Crippen molar-refractivity contribution in [3.63, 3.8) is 0 Å². The van der Waals surface area contributed by atoms with E-state index < -0.39 is 0 Å². The number of hydrogen-bond donors (Lipinski definition) is 1. The van der Waals surface area contributed by atoms with Gasteiger partial charge in [-0.3, -0.25) is 4.98 Å². The molecule has 0 saturated carbocycles. The Morgan fingerprint density at radius 1 is 1.00 bits per heavy atom. The Kier molecular flexibility index (Phi) is 3.67. The summed E-state index contributed by atoms with van der Waals surface area (Å²) in [6.07, 6.45) is 2.56. The van der Waals surface area contributed by atoms with E-state index in [1.54, 1.807) is 6.20 Å². The van der Waals surface area contributed by atoms with Crippen LogP contribution in [0.25, 0.3) is 11.0 Å². The molecule has 1 aromatic heterocycles. The SMILES string of the molecule is Cc1ccc(CC(N)c2cnc3ccccc3n2)cc1C. The molecule has 1 heterocycles. The largest absolute Gasteiger partial charge is 0.322 e. The first-order chi connectivity index (χ1) is 10.1. The van der Waals surface area contributed by atoms with Gasteiger partial charge in [0.15, 0.2) is 0 Å². The van der Waals surface area contributed by atoms with Crippen molar-refractivity contribution in [3.8, 4) is 0 Å². The average molecular weight is 277 g/mol. The van der Waals surface area contributed by atoms with Gasteiger partial charge in [0.25, 0.3) is 0 Å². The van der Waals surface area contributed by atoms with Crippen molar-refractivity contribution in [2.75, 3.05) is 0 Å². The van der Waals surface area contributed by atoms with E-state index in [1.807, 2.05) is 24.3 Å². The zero-order valence-corrected chi connectivity index (χ0v) is 12.4. The molecule has 0 radical (unpaired) electrons. The molecule has 3 rings (SSSR count). The molecule has 1 atom stereocenters. The molecule has 106 valence electrons. The smallest absolute Gasteiger partial charge is 0.0890 e. The average Bonchev–Trinajstić information content (AvgIpc) is 2.50. The standard InChI is InChI=1S/C18H19N3/c1-12-7-8-14(9-13(12)2)10-15(19)18-11-20-16-5-3-4-6-17(16)21-18/h3-9,11,15H,10,19H2,1-2H3. The maximum absolute atomic E-state index is 6.30. The molecule has 21 heavy (non-hydrogen) atoms. The number of aromatic nitrogens is 2. The van der Waals surface area contributed by atoms with E-state index in [0.717, 1.165) is 23.1 Å². The summed E-state index contributed by atoms with van der Waals surface area (Å²) in [4.78, 5) is 9.06. The number of fused-ring (bicyclic) bond motifs is 1. The first-order valence-electron chi connectivity index (χ1n) is 7.17. The lowest BCUT2D eigenvalue weighted by Crippen LogP contribution is -2.15. The van der Waals surface area contributed by atoms with Gasteiger partial charge in [-0.15, -0.1) is 0 Å². The topological polar surface area (TPSA) is 51.8 Å². The molecular weight excluding hydrogens is 258 g/mol. The molecule has 0 fully saturated rings. The summed E-state index contributed by atoms with van der Waals surface area (Å²) in [5.41, 5.74) is 12.8. The Labute approximate surface area is 124 Å². The van der Waals surface area contributed by atoms with Crippen molar-refractivity contribution in [3.05, 3.63) is 71.0 Å². The van der Waals surface area contributed by atoms with Crippen LogP contribution >= 0.6 is 0 Å². The minimum atomic E-state index is -0.135. The molecule has 2 aromatic carbocycles. The maximum atomic E-state index is 6.30. The van der Waals surface area contributed by atoms with Crippen molar-refractivity contribution in [1.29, 1.82) is 0 Å². The van der Waals surface area contributed by atoms with Crippen LogP contribution in [0.15, 0.2) is 48.7 Å². The fourth-order valence-electron chi connectivity index (χ4n) is 2.44. The molecule has 1 unspecified atom stereocenters. The van der Waals surface area contributed by atoms with Crippen LogP contribution in [0.4, 0.5) is 0 Å². The predicted octanol–water partition coefficient (Wildman–Crippen LogP) is 3.49. The van der Waals surface area contributed by atoms with E-state index in [2.05, 4.69) is 42.0 Å². The summed E-state index contributed by atoms with van der Waals surface area (Å²) >= 11 is 0. The molecule has 3 aromatic rings. The van der Waals surface area contributed by atoms with Crippen molar-refractivity contribution in [2.24, 2.45) is 5.73 Å². The lowest BCUT2D eigenvalue weighted by molar-refractivity contribution is 0.695. The highest BCUT2D eigenvalue weighted by Gasteiger charge is 2.10. The van der Waals surface area contributed by atoms with E-state index >= 15 is 0 Å². The minimum Gasteiger partial charge on any atom is -0.322 e. The Morgan fingerprint density at radius 3 is 2.52 bits per heavy atom. The van der Waals surface area contributed by atoms with Gasteiger partial charge in [0, 0.05) is 0 Å². The summed E-state index contributed by atoms with van der Waals surface area (Å²) in [5, 5.41) is 0. The molecule has 3 heteroatoms. The van der Waals surface area contributed by atoms with Crippen LogP contribution < -0.4 is 5.73 Å². The Bertz CT molecular complexity index is 780. The Hall–Kier alpha value is -2.26. The van der Waals surface area contributed by atoms with Crippen molar-refractivity contribution < 1.29 is 0 Å². The van der Waals surface area contributed by atoms with Crippen LogP contribution in [0.3, 0.4) is 0 Å². The lowest BCUT2D eigenvalue weighted by atomic mass is 10.00. The number of para-hydroxylation sites is 2. The predicted molar refractivity (Wildman–Crippen MR) is 86.1 cm³/mol. The zero-order chi connectivity index (χ0) is 14.8. The fourth-order valence-corrected chi connectivity index (χ4v) is 2.44. The van der Waals surface area contributed by atoms with Gasteiger partial charge in [-0.25, -0.2) is 4.98 Å². The van der Waals surface area contributed by atoms with Gasteiger partial charge in [-0.2, -0.15) is 0 Å². The molecular formula is C18H19N3. The maximum Gasteiger partial charge on any atom is 0.0890 e. The lowest BCUT2D eigenvalue weighted by Gasteiger charge is -2.12. The van der Waals surface area contributed by atoms with Gasteiger partial charge >= 0.3 is 0 Å². The van der Waals surface area contributed by atoms with Gasteiger partial charge in [0.05, 0.1) is 29.0 Å². The molecule has 3 nitrogen and oxygen atoms in total. The van der Waals surface area contributed by atoms with Crippen LogP contribution in [-0.2, 0) is 6.42 Å². The second kappa shape index (κ2) is 5.62. The van der Waals surface area contributed by atoms with Gasteiger partial charge in [0.2, 0.25) is 0 Å². The fraction of sp³-hybridized carbons (Fsp3) is 0.222. The zero-order valence-electron chi connectivity index (χ0n) is 12.4. The van der Waals surface area contributed by atoms with E-state index in [-0.39, 0.29) is 6.04 Å². The summed E-state index contributed by atoms with van der Waals surface area (Å²) < 4.78 is 0. The number of hydrogen-bond acceptors (Lipinski definition) is 3. The third kappa shape index (κ3) is 2.93. The van der Waals surface area contributed by atoms with Crippen LogP contribution in [0.2, 0.25) is 0 Å².